The molecule has 0 bridgehead atoms. The highest BCUT2D eigenvalue weighted by Crippen LogP contribution is 2.39. The van der Waals surface area contributed by atoms with Crippen LogP contribution >= 0.6 is 15.9 Å². The summed E-state index contributed by atoms with van der Waals surface area (Å²) in [6, 6.07) is 19.7. The second kappa shape index (κ2) is 10.8. The molecule has 6 rings (SSSR count). The lowest BCUT2D eigenvalue weighted by Gasteiger charge is -2.36. The van der Waals surface area contributed by atoms with Crippen LogP contribution < -0.4 is 5.32 Å². The zero-order valence-corrected chi connectivity index (χ0v) is 22.8. The number of benzene rings is 2. The van der Waals surface area contributed by atoms with Crippen LogP contribution in [0.3, 0.4) is 0 Å². The number of halogens is 1. The van der Waals surface area contributed by atoms with Crippen molar-refractivity contribution in [1.82, 2.24) is 19.5 Å². The summed E-state index contributed by atoms with van der Waals surface area (Å²) in [6.07, 6.45) is 8.17. The molecule has 1 unspecified atom stereocenters. The topological polar surface area (TPSA) is 82.8 Å². The Morgan fingerprint density at radius 1 is 1.00 bits per heavy atom. The first-order valence-electron chi connectivity index (χ1n) is 13.5. The highest BCUT2D eigenvalue weighted by molar-refractivity contribution is 9.10. The largest absolute Gasteiger partial charge is 0.507 e. The third kappa shape index (κ3) is 4.89. The van der Waals surface area contributed by atoms with E-state index in [0.29, 0.717) is 22.8 Å². The van der Waals surface area contributed by atoms with Crippen molar-refractivity contribution >= 4 is 33.3 Å². The van der Waals surface area contributed by atoms with Crippen molar-refractivity contribution in [3.8, 4) is 17.0 Å². The van der Waals surface area contributed by atoms with Gasteiger partial charge in [0.2, 0.25) is 5.91 Å². The minimum Gasteiger partial charge on any atom is -0.507 e. The zero-order chi connectivity index (χ0) is 26.1. The van der Waals surface area contributed by atoms with Crippen LogP contribution in [0.5, 0.6) is 5.75 Å². The fourth-order valence-corrected chi connectivity index (χ4v) is 6.43. The second-order valence-electron chi connectivity index (χ2n) is 10.4. The van der Waals surface area contributed by atoms with E-state index in [2.05, 4.69) is 43.4 Å². The van der Waals surface area contributed by atoms with Crippen LogP contribution in [-0.2, 0) is 4.79 Å². The summed E-state index contributed by atoms with van der Waals surface area (Å²) in [6.45, 7) is 1.46. The summed E-state index contributed by atoms with van der Waals surface area (Å²) in [5, 5.41) is 18.6. The SMILES string of the molecule is O=C(C(c1ccccc1)C1CCCC1)N1CCC(Nc2cc(-c3ccccc3O)nc3c(Br)cnn23)CC1. The van der Waals surface area contributed by atoms with Crippen LogP contribution in [0.4, 0.5) is 5.82 Å². The maximum Gasteiger partial charge on any atom is 0.230 e. The molecule has 1 saturated carbocycles. The number of nitrogens with one attached hydrogen (secondary N) is 1. The summed E-state index contributed by atoms with van der Waals surface area (Å²) in [5.74, 6) is 1.69. The number of para-hydroxylation sites is 1. The number of hydrogen-bond donors (Lipinski definition) is 2. The Morgan fingerprint density at radius 2 is 1.71 bits per heavy atom. The van der Waals surface area contributed by atoms with Gasteiger partial charge in [-0.25, -0.2) is 4.98 Å². The van der Waals surface area contributed by atoms with E-state index in [0.717, 1.165) is 54.6 Å². The van der Waals surface area contributed by atoms with Gasteiger partial charge in [-0.3, -0.25) is 4.79 Å². The van der Waals surface area contributed by atoms with E-state index in [1.54, 1.807) is 22.8 Å². The molecule has 1 aliphatic carbocycles. The number of aromatic hydroxyl groups is 1. The zero-order valence-electron chi connectivity index (χ0n) is 21.3. The van der Waals surface area contributed by atoms with Crippen LogP contribution in [0.15, 0.2) is 71.3 Å². The summed E-state index contributed by atoms with van der Waals surface area (Å²) in [4.78, 5) is 20.6. The number of carbonyl (C=O) groups excluding carboxylic acids is 1. The Hall–Kier alpha value is -3.39. The number of amides is 1. The Bertz CT molecular complexity index is 1430. The average molecular weight is 575 g/mol. The standard InChI is InChI=1S/C30H32BrN5O2/c31-24-19-32-36-27(18-25(34-29(24)36)23-12-6-7-13-26(23)37)33-22-14-16-35(17-15-22)30(38)28(21-10-4-5-11-21)20-8-2-1-3-9-20/h1-3,6-9,12-13,18-19,21-22,28,33,37H,4-5,10-11,14-17H2. The number of hydrogen-bond acceptors (Lipinski definition) is 5. The lowest BCUT2D eigenvalue weighted by atomic mass is 9.83. The number of phenols is 1. The normalized spacial score (nSPS) is 17.7. The van der Waals surface area contributed by atoms with Crippen molar-refractivity contribution in [3.05, 3.63) is 76.9 Å². The fraction of sp³-hybridized carbons (Fsp3) is 0.367. The molecule has 8 heteroatoms. The number of anilines is 1. The Labute approximate surface area is 231 Å². The fourth-order valence-electron chi connectivity index (χ4n) is 6.08. The molecule has 2 aliphatic rings. The average Bonchev–Trinajstić information content (AvgIpc) is 3.61. The lowest BCUT2D eigenvalue weighted by Crippen LogP contribution is -2.45. The van der Waals surface area contributed by atoms with Crippen molar-refractivity contribution < 1.29 is 9.90 Å². The van der Waals surface area contributed by atoms with Gasteiger partial charge in [0.25, 0.3) is 0 Å². The molecular weight excluding hydrogens is 542 g/mol. The van der Waals surface area contributed by atoms with Crippen LogP contribution in [0.2, 0.25) is 0 Å². The number of fused-ring (bicyclic) bond motifs is 1. The molecule has 1 amide bonds. The number of likely N-dealkylation sites (tertiary alicyclic amines) is 1. The molecule has 2 aromatic heterocycles. The lowest BCUT2D eigenvalue weighted by molar-refractivity contribution is -0.135. The molecule has 4 aromatic rings. The van der Waals surface area contributed by atoms with E-state index in [1.807, 2.05) is 36.4 Å². The Balaban J connectivity index is 1.19. The smallest absolute Gasteiger partial charge is 0.230 e. The minimum atomic E-state index is -0.0365. The summed E-state index contributed by atoms with van der Waals surface area (Å²) in [7, 11) is 0. The quantitative estimate of drug-likeness (QED) is 0.285. The van der Waals surface area contributed by atoms with Crippen LogP contribution in [0.1, 0.15) is 50.0 Å². The van der Waals surface area contributed by atoms with E-state index in [-0.39, 0.29) is 23.6 Å². The second-order valence-corrected chi connectivity index (χ2v) is 11.3. The molecule has 1 aliphatic heterocycles. The van der Waals surface area contributed by atoms with Crippen LogP contribution in [-0.4, -0.2) is 49.6 Å². The summed E-state index contributed by atoms with van der Waals surface area (Å²) >= 11 is 3.56. The third-order valence-electron chi connectivity index (χ3n) is 8.06. The van der Waals surface area contributed by atoms with Crippen LogP contribution in [0, 0.1) is 5.92 Å². The van der Waals surface area contributed by atoms with Gasteiger partial charge in [-0.1, -0.05) is 55.3 Å². The van der Waals surface area contributed by atoms with E-state index in [1.165, 1.54) is 12.8 Å². The molecule has 0 radical (unpaired) electrons. The highest BCUT2D eigenvalue weighted by atomic mass is 79.9. The molecule has 2 N–H and O–H groups in total. The van der Waals surface area contributed by atoms with E-state index in [9.17, 15) is 9.90 Å². The number of nitrogens with zero attached hydrogens (tertiary/aromatic N) is 4. The van der Waals surface area contributed by atoms with Crippen molar-refractivity contribution in [3.63, 3.8) is 0 Å². The number of aromatic nitrogens is 3. The van der Waals surface area contributed by atoms with Gasteiger partial charge in [0, 0.05) is 30.8 Å². The molecule has 2 aromatic carbocycles. The monoisotopic (exact) mass is 573 g/mol. The summed E-state index contributed by atoms with van der Waals surface area (Å²) in [5.41, 5.74) is 3.19. The number of rotatable bonds is 6. The van der Waals surface area contributed by atoms with E-state index < -0.39 is 0 Å². The van der Waals surface area contributed by atoms with Crippen molar-refractivity contribution in [2.24, 2.45) is 5.92 Å². The Kier molecular flexibility index (Phi) is 7.06. The first-order chi connectivity index (χ1) is 18.6. The first-order valence-corrected chi connectivity index (χ1v) is 14.3. The molecule has 1 saturated heterocycles. The van der Waals surface area contributed by atoms with Gasteiger partial charge in [0.05, 0.1) is 22.3 Å². The van der Waals surface area contributed by atoms with Gasteiger partial charge < -0.3 is 15.3 Å². The van der Waals surface area contributed by atoms with Gasteiger partial charge in [-0.2, -0.15) is 9.61 Å². The molecule has 1 atom stereocenters. The van der Waals surface area contributed by atoms with Gasteiger partial charge in [0.1, 0.15) is 11.6 Å². The van der Waals surface area contributed by atoms with Crippen LogP contribution in [0.25, 0.3) is 16.9 Å². The van der Waals surface area contributed by atoms with E-state index in [4.69, 9.17) is 4.98 Å². The van der Waals surface area contributed by atoms with E-state index >= 15 is 0 Å². The van der Waals surface area contributed by atoms with Gasteiger partial charge in [0.15, 0.2) is 5.65 Å². The highest BCUT2D eigenvalue weighted by Gasteiger charge is 2.36. The first kappa shape index (κ1) is 24.9. The molecule has 0 spiro atoms. The third-order valence-corrected chi connectivity index (χ3v) is 8.62. The van der Waals surface area contributed by atoms with Crippen molar-refractivity contribution in [1.29, 1.82) is 0 Å². The molecule has 2 fully saturated rings. The van der Waals surface area contributed by atoms with Gasteiger partial charge in [-0.15, -0.1) is 0 Å². The molecule has 38 heavy (non-hydrogen) atoms. The number of piperidine rings is 1. The maximum absolute atomic E-state index is 13.8. The molecule has 3 heterocycles. The predicted octanol–water partition coefficient (Wildman–Crippen LogP) is 6.24. The minimum absolute atomic E-state index is 0.0365. The number of carbonyl (C=O) groups is 1. The summed E-state index contributed by atoms with van der Waals surface area (Å²) < 4.78 is 2.58. The molecule has 7 nitrogen and oxygen atoms in total. The van der Waals surface area contributed by atoms with Crippen molar-refractivity contribution in [2.75, 3.05) is 18.4 Å². The van der Waals surface area contributed by atoms with Gasteiger partial charge in [-0.05, 0) is 65.2 Å². The van der Waals surface area contributed by atoms with Crippen molar-refractivity contribution in [2.45, 2.75) is 50.5 Å². The molecule has 196 valence electrons. The molecular formula is C30H32BrN5O2. The van der Waals surface area contributed by atoms with Gasteiger partial charge >= 0.3 is 0 Å². The maximum atomic E-state index is 13.8. The Morgan fingerprint density at radius 3 is 2.45 bits per heavy atom. The number of phenolic OH excluding ortho intramolecular Hbond substituents is 1. The predicted molar refractivity (Wildman–Crippen MR) is 152 cm³/mol.